The molecule has 0 radical (unpaired) electrons. The Balaban J connectivity index is 1.32. The molecule has 0 spiro atoms. The lowest BCUT2D eigenvalue weighted by atomic mass is 10.2. The van der Waals surface area contributed by atoms with Crippen LogP contribution in [0.15, 0.2) is 35.2 Å². The summed E-state index contributed by atoms with van der Waals surface area (Å²) in [5, 5.41) is 2.79. The van der Waals surface area contributed by atoms with Crippen LogP contribution in [0.5, 0.6) is 0 Å². The maximum absolute atomic E-state index is 12.3. The predicted octanol–water partition coefficient (Wildman–Crippen LogP) is 1.90. The topological polar surface area (TPSA) is 88.2 Å². The molecule has 29 heavy (non-hydrogen) atoms. The maximum atomic E-state index is 12.3. The Morgan fingerprint density at radius 3 is 2.59 bits per heavy atom. The van der Waals surface area contributed by atoms with Gasteiger partial charge in [-0.3, -0.25) is 14.5 Å². The van der Waals surface area contributed by atoms with Crippen LogP contribution in [0.4, 0.5) is 16.2 Å². The summed E-state index contributed by atoms with van der Waals surface area (Å²) in [6, 6.07) is 7.22. The first-order valence-electron chi connectivity index (χ1n) is 9.59. The van der Waals surface area contributed by atoms with Crippen molar-refractivity contribution >= 4 is 41.0 Å². The quantitative estimate of drug-likeness (QED) is 0.787. The number of allylic oxidation sites excluding steroid dienone is 2. The number of anilines is 2. The number of nitrogens with zero attached hydrogens (tertiary/aromatic N) is 2. The number of carbonyl (C=O) groups is 3. The summed E-state index contributed by atoms with van der Waals surface area (Å²) >= 11 is 1.56. The fraction of sp³-hybridized carbons (Fsp3) is 0.450. The Morgan fingerprint density at radius 2 is 1.93 bits per heavy atom. The molecule has 3 aliphatic heterocycles. The molecule has 8 nitrogen and oxygen atoms in total. The van der Waals surface area contributed by atoms with E-state index >= 15 is 0 Å². The lowest BCUT2D eigenvalue weighted by Crippen LogP contribution is -2.41. The molecular weight excluding hydrogens is 394 g/mol. The van der Waals surface area contributed by atoms with E-state index < -0.39 is 12.2 Å². The SMILES string of the molecule is CC1=CCC(C(=O)NCC2CN(c3ccc(N4CCOCC4=O)cc3)C(=O)O2)S1. The maximum Gasteiger partial charge on any atom is 0.414 e. The average molecular weight is 417 g/mol. The molecule has 4 rings (SSSR count). The van der Waals surface area contributed by atoms with Gasteiger partial charge in [0, 0.05) is 17.9 Å². The van der Waals surface area contributed by atoms with Crippen LogP contribution in [-0.2, 0) is 19.1 Å². The van der Waals surface area contributed by atoms with Crippen LogP contribution in [0.2, 0.25) is 0 Å². The first-order chi connectivity index (χ1) is 14.0. The summed E-state index contributed by atoms with van der Waals surface area (Å²) in [6.45, 7) is 3.76. The summed E-state index contributed by atoms with van der Waals surface area (Å²) in [6.07, 6.45) is 1.96. The van der Waals surface area contributed by atoms with E-state index in [0.717, 1.165) is 17.0 Å². The second-order valence-electron chi connectivity index (χ2n) is 7.13. The number of benzene rings is 1. The van der Waals surface area contributed by atoms with E-state index in [1.807, 2.05) is 19.1 Å². The molecule has 3 heterocycles. The first kappa shape index (κ1) is 19.8. The number of amides is 3. The molecule has 9 heteroatoms. The predicted molar refractivity (Wildman–Crippen MR) is 110 cm³/mol. The molecule has 0 bridgehead atoms. The second kappa shape index (κ2) is 8.46. The van der Waals surface area contributed by atoms with Gasteiger partial charge in [-0.2, -0.15) is 0 Å². The third-order valence-corrected chi connectivity index (χ3v) is 6.31. The second-order valence-corrected chi connectivity index (χ2v) is 8.58. The van der Waals surface area contributed by atoms with Gasteiger partial charge < -0.3 is 19.7 Å². The summed E-state index contributed by atoms with van der Waals surface area (Å²) in [5.41, 5.74) is 1.47. The van der Waals surface area contributed by atoms with E-state index in [0.29, 0.717) is 25.4 Å². The van der Waals surface area contributed by atoms with Gasteiger partial charge in [0.1, 0.15) is 12.7 Å². The minimum absolute atomic E-state index is 0.0304. The van der Waals surface area contributed by atoms with Crippen molar-refractivity contribution in [1.29, 1.82) is 0 Å². The van der Waals surface area contributed by atoms with Crippen molar-refractivity contribution in [2.75, 3.05) is 42.6 Å². The van der Waals surface area contributed by atoms with Crippen molar-refractivity contribution in [3.8, 4) is 0 Å². The summed E-state index contributed by atoms with van der Waals surface area (Å²) < 4.78 is 10.5. The molecular formula is C20H23N3O5S. The van der Waals surface area contributed by atoms with Crippen LogP contribution < -0.4 is 15.1 Å². The number of thioether (sulfide) groups is 1. The zero-order chi connectivity index (χ0) is 20.4. The summed E-state index contributed by atoms with van der Waals surface area (Å²) in [4.78, 5) is 40.8. The van der Waals surface area contributed by atoms with Crippen LogP contribution in [0.3, 0.4) is 0 Å². The average Bonchev–Trinajstić information content (AvgIpc) is 3.32. The summed E-state index contributed by atoms with van der Waals surface area (Å²) in [7, 11) is 0. The van der Waals surface area contributed by atoms with Gasteiger partial charge in [-0.25, -0.2) is 4.79 Å². The first-order valence-corrected chi connectivity index (χ1v) is 10.5. The largest absolute Gasteiger partial charge is 0.442 e. The van der Waals surface area contributed by atoms with Crippen LogP contribution >= 0.6 is 11.8 Å². The van der Waals surface area contributed by atoms with Gasteiger partial charge in [-0.1, -0.05) is 6.08 Å². The van der Waals surface area contributed by atoms with Crippen LogP contribution in [-0.4, -0.2) is 62.1 Å². The van der Waals surface area contributed by atoms with E-state index in [9.17, 15) is 14.4 Å². The molecule has 3 aliphatic rings. The lowest BCUT2D eigenvalue weighted by molar-refractivity contribution is -0.125. The highest BCUT2D eigenvalue weighted by Gasteiger charge is 2.33. The van der Waals surface area contributed by atoms with E-state index in [1.165, 1.54) is 4.90 Å². The highest BCUT2D eigenvalue weighted by atomic mass is 32.2. The van der Waals surface area contributed by atoms with E-state index in [-0.39, 0.29) is 30.2 Å². The molecule has 2 atom stereocenters. The fourth-order valence-corrected chi connectivity index (χ4v) is 4.55. The minimum atomic E-state index is -0.438. The number of cyclic esters (lactones) is 1. The van der Waals surface area contributed by atoms with Gasteiger partial charge in [0.2, 0.25) is 5.91 Å². The van der Waals surface area contributed by atoms with Crippen LogP contribution in [0.25, 0.3) is 0 Å². The number of nitrogens with one attached hydrogen (secondary N) is 1. The van der Waals surface area contributed by atoms with Crippen LogP contribution in [0, 0.1) is 0 Å². The Labute approximate surface area is 173 Å². The Bertz CT molecular complexity index is 841. The molecule has 1 N–H and O–H groups in total. The molecule has 1 aromatic carbocycles. The van der Waals surface area contributed by atoms with E-state index in [2.05, 4.69) is 11.4 Å². The van der Waals surface area contributed by atoms with Gasteiger partial charge in [0.05, 0.1) is 24.9 Å². The van der Waals surface area contributed by atoms with Crippen molar-refractivity contribution in [3.63, 3.8) is 0 Å². The minimum Gasteiger partial charge on any atom is -0.442 e. The number of morpholine rings is 1. The van der Waals surface area contributed by atoms with Crippen LogP contribution in [0.1, 0.15) is 13.3 Å². The summed E-state index contributed by atoms with van der Waals surface area (Å²) in [5.74, 6) is -0.108. The molecule has 0 aromatic heterocycles. The molecule has 3 amide bonds. The molecule has 0 aliphatic carbocycles. The van der Waals surface area contributed by atoms with Crippen molar-refractivity contribution in [3.05, 3.63) is 35.2 Å². The standard InChI is InChI=1S/C20H23N3O5S/c1-13-2-7-17(29-13)19(25)21-10-16-11-23(20(26)28-16)15-5-3-14(4-6-15)22-8-9-27-12-18(22)24/h2-6,16-17H,7-12H2,1H3,(H,21,25). The third kappa shape index (κ3) is 4.40. The molecule has 154 valence electrons. The van der Waals surface area contributed by atoms with E-state index in [1.54, 1.807) is 28.8 Å². The van der Waals surface area contributed by atoms with Gasteiger partial charge in [0.25, 0.3) is 5.91 Å². The van der Waals surface area contributed by atoms with E-state index in [4.69, 9.17) is 9.47 Å². The number of rotatable bonds is 5. The molecule has 2 fully saturated rings. The zero-order valence-electron chi connectivity index (χ0n) is 16.1. The monoisotopic (exact) mass is 417 g/mol. The molecule has 2 saturated heterocycles. The molecule has 0 saturated carbocycles. The smallest absolute Gasteiger partial charge is 0.414 e. The van der Waals surface area contributed by atoms with Gasteiger partial charge in [-0.15, -0.1) is 11.8 Å². The zero-order valence-corrected chi connectivity index (χ0v) is 16.9. The molecule has 1 aromatic rings. The highest BCUT2D eigenvalue weighted by Crippen LogP contribution is 2.31. The number of ether oxygens (including phenoxy) is 2. The van der Waals surface area contributed by atoms with Crippen molar-refractivity contribution in [1.82, 2.24) is 5.32 Å². The van der Waals surface area contributed by atoms with Crippen molar-refractivity contribution in [2.24, 2.45) is 0 Å². The van der Waals surface area contributed by atoms with Crippen molar-refractivity contribution < 1.29 is 23.9 Å². The van der Waals surface area contributed by atoms with Gasteiger partial charge in [-0.05, 0) is 42.5 Å². The van der Waals surface area contributed by atoms with Gasteiger partial charge >= 0.3 is 6.09 Å². The Hall–Kier alpha value is -2.52. The van der Waals surface area contributed by atoms with Crippen molar-refractivity contribution in [2.45, 2.75) is 24.7 Å². The third-order valence-electron chi connectivity index (χ3n) is 5.08. The van der Waals surface area contributed by atoms with Gasteiger partial charge in [0.15, 0.2) is 0 Å². The number of carbonyl (C=O) groups excluding carboxylic acids is 3. The fourth-order valence-electron chi connectivity index (χ4n) is 3.52. The molecule has 2 unspecified atom stereocenters. The Kier molecular flexibility index (Phi) is 5.77. The highest BCUT2D eigenvalue weighted by molar-refractivity contribution is 8.04. The number of hydrogen-bond acceptors (Lipinski definition) is 6. The Morgan fingerprint density at radius 1 is 1.21 bits per heavy atom. The normalized spacial score (nSPS) is 24.5. The number of hydrogen-bond donors (Lipinski definition) is 1. The lowest BCUT2D eigenvalue weighted by Gasteiger charge is -2.27.